The van der Waals surface area contributed by atoms with Crippen LogP contribution in [-0.4, -0.2) is 29.4 Å². The first-order valence-corrected chi connectivity index (χ1v) is 12.0. The van der Waals surface area contributed by atoms with Gasteiger partial charge < -0.3 is 15.0 Å². The molecule has 6 nitrogen and oxygen atoms in total. The second-order valence-electron chi connectivity index (χ2n) is 6.88. The molecule has 0 spiro atoms. The number of aromatic nitrogens is 2. The topological polar surface area (TPSA) is 54.7 Å². The Kier molecular flexibility index (Phi) is 15.4. The molecule has 0 bridgehead atoms. The van der Waals surface area contributed by atoms with E-state index in [9.17, 15) is 13.2 Å². The first kappa shape index (κ1) is 32.5. The smallest absolute Gasteiger partial charge is 0.203 e. The molecule has 1 aliphatic heterocycles. The van der Waals surface area contributed by atoms with Crippen LogP contribution >= 0.6 is 0 Å². The number of nitrogens with one attached hydrogen (secondary N) is 1. The number of methoxy groups -OCH3 is 1. The number of hydrogen-bond donors (Lipinski definition) is 1. The van der Waals surface area contributed by atoms with Crippen molar-refractivity contribution in [3.05, 3.63) is 83.8 Å². The summed E-state index contributed by atoms with van der Waals surface area (Å²) in [5.41, 5.74) is 2.58. The maximum atomic E-state index is 13.8. The minimum Gasteiger partial charge on any atom is -0.501 e. The maximum Gasteiger partial charge on any atom is 0.203 e. The molecule has 0 amide bonds. The summed E-state index contributed by atoms with van der Waals surface area (Å²) >= 11 is 0. The van der Waals surface area contributed by atoms with E-state index in [1.807, 2.05) is 59.9 Å². The van der Waals surface area contributed by atoms with Crippen LogP contribution in [0.2, 0.25) is 0 Å². The van der Waals surface area contributed by atoms with Gasteiger partial charge in [0.1, 0.15) is 0 Å². The van der Waals surface area contributed by atoms with Crippen LogP contribution in [0.25, 0.3) is 0 Å². The molecule has 36 heavy (non-hydrogen) atoms. The number of ether oxygens (including phenoxy) is 1. The van der Waals surface area contributed by atoms with Gasteiger partial charge in [0.05, 0.1) is 30.8 Å². The average molecular weight is 508 g/mol. The van der Waals surface area contributed by atoms with E-state index in [0.717, 1.165) is 29.2 Å². The van der Waals surface area contributed by atoms with E-state index in [0.29, 0.717) is 24.7 Å². The van der Waals surface area contributed by atoms with Crippen molar-refractivity contribution in [2.24, 2.45) is 12.0 Å². The number of aliphatic imine (C=N–C) groups is 1. The zero-order chi connectivity index (χ0) is 27.8. The summed E-state index contributed by atoms with van der Waals surface area (Å²) < 4.78 is 47.9. The summed E-state index contributed by atoms with van der Waals surface area (Å²) in [5.74, 6) is -2.77. The van der Waals surface area contributed by atoms with Crippen LogP contribution in [0.15, 0.2) is 60.1 Å². The van der Waals surface area contributed by atoms with Crippen LogP contribution in [0.4, 0.5) is 18.9 Å². The number of nitrogens with zero attached hydrogens (tertiary/aromatic N) is 4. The van der Waals surface area contributed by atoms with Gasteiger partial charge >= 0.3 is 0 Å². The van der Waals surface area contributed by atoms with Gasteiger partial charge in [-0.25, -0.2) is 13.2 Å². The Morgan fingerprint density at radius 2 is 1.72 bits per heavy atom. The molecular formula is C27H40F3N5O. The van der Waals surface area contributed by atoms with Crippen LogP contribution in [0.3, 0.4) is 0 Å². The summed E-state index contributed by atoms with van der Waals surface area (Å²) in [6, 6.07) is 1.98. The SMILES string of the molecule is C/C=C(/C=C(\C)OC)NC1=NCCc2nn(C)cc2N1Cc1cc(F)c(F)c(F)c1.C=C.CC.CC. The fraction of sp³-hybridized carbons (Fsp3) is 0.407. The van der Waals surface area contributed by atoms with Gasteiger partial charge in [0.15, 0.2) is 17.5 Å². The zero-order valence-electron chi connectivity index (χ0n) is 22.8. The van der Waals surface area contributed by atoms with Gasteiger partial charge in [0.25, 0.3) is 0 Å². The molecule has 0 radical (unpaired) electrons. The van der Waals surface area contributed by atoms with Gasteiger partial charge in [-0.15, -0.1) is 13.2 Å². The normalized spacial score (nSPS) is 12.9. The van der Waals surface area contributed by atoms with Crippen molar-refractivity contribution in [2.75, 3.05) is 18.6 Å². The van der Waals surface area contributed by atoms with Crippen LogP contribution in [0.1, 0.15) is 52.8 Å². The van der Waals surface area contributed by atoms with Gasteiger partial charge in [-0.1, -0.05) is 33.8 Å². The zero-order valence-corrected chi connectivity index (χ0v) is 22.8. The molecule has 0 saturated carbocycles. The van der Waals surface area contributed by atoms with Crippen molar-refractivity contribution in [1.29, 1.82) is 0 Å². The van der Waals surface area contributed by atoms with Crippen molar-refractivity contribution >= 4 is 11.6 Å². The summed E-state index contributed by atoms with van der Waals surface area (Å²) in [5, 5.41) is 7.72. The quantitative estimate of drug-likeness (QED) is 0.213. The van der Waals surface area contributed by atoms with E-state index in [1.165, 1.54) is 0 Å². The summed E-state index contributed by atoms with van der Waals surface area (Å²) in [7, 11) is 3.38. The Labute approximate surface area is 213 Å². The van der Waals surface area contributed by atoms with E-state index in [4.69, 9.17) is 4.74 Å². The standard InChI is InChI=1S/C21H24F3N5O.2C2H6.C2H4/c1-5-15(8-13(2)30-4)26-21-25-7-6-18-19(12-28(3)27-18)29(21)11-14-9-16(22)20(24)17(23)10-14;3*1-2/h5,8-10,12H,6-7,11H2,1-4H3,(H,25,26);2*1-2H3;1-2H2/b13-8+,15-5-;;;. The number of allylic oxidation sites excluding steroid dienone is 3. The highest BCUT2D eigenvalue weighted by Gasteiger charge is 2.24. The highest BCUT2D eigenvalue weighted by atomic mass is 19.2. The van der Waals surface area contributed by atoms with Gasteiger partial charge in [-0.3, -0.25) is 9.67 Å². The number of fused-ring (bicyclic) bond motifs is 1. The lowest BCUT2D eigenvalue weighted by Crippen LogP contribution is -2.40. The second-order valence-corrected chi connectivity index (χ2v) is 6.88. The van der Waals surface area contributed by atoms with Gasteiger partial charge in [0.2, 0.25) is 5.96 Å². The van der Waals surface area contributed by atoms with E-state index in [2.05, 4.69) is 28.6 Å². The van der Waals surface area contributed by atoms with Crippen molar-refractivity contribution in [1.82, 2.24) is 15.1 Å². The van der Waals surface area contributed by atoms with Crippen LogP contribution in [-0.2, 0) is 24.8 Å². The minimum absolute atomic E-state index is 0.0720. The van der Waals surface area contributed by atoms with Crippen molar-refractivity contribution in [2.45, 2.75) is 54.5 Å². The number of guanidine groups is 1. The number of halogens is 3. The molecule has 200 valence electrons. The molecule has 0 fully saturated rings. The first-order valence-electron chi connectivity index (χ1n) is 12.0. The molecule has 0 aliphatic carbocycles. The molecule has 0 atom stereocenters. The van der Waals surface area contributed by atoms with Crippen LogP contribution in [0.5, 0.6) is 0 Å². The summed E-state index contributed by atoms with van der Waals surface area (Å²) in [6.07, 6.45) is 6.10. The second kappa shape index (κ2) is 17.0. The van der Waals surface area contributed by atoms with Gasteiger partial charge in [-0.05, 0) is 37.6 Å². The molecule has 0 unspecified atom stereocenters. The highest BCUT2D eigenvalue weighted by molar-refractivity contribution is 5.98. The molecular weight excluding hydrogens is 467 g/mol. The van der Waals surface area contributed by atoms with Crippen molar-refractivity contribution in [3.63, 3.8) is 0 Å². The maximum absolute atomic E-state index is 13.8. The van der Waals surface area contributed by atoms with Crippen molar-refractivity contribution in [3.8, 4) is 0 Å². The first-order chi connectivity index (χ1) is 17.3. The number of hydrogen-bond acceptors (Lipinski definition) is 5. The third kappa shape index (κ3) is 8.94. The fourth-order valence-corrected chi connectivity index (χ4v) is 3.14. The van der Waals surface area contributed by atoms with Crippen LogP contribution < -0.4 is 10.2 Å². The van der Waals surface area contributed by atoms with Crippen LogP contribution in [0, 0.1) is 17.5 Å². The van der Waals surface area contributed by atoms with E-state index < -0.39 is 17.5 Å². The van der Waals surface area contributed by atoms with Gasteiger partial charge in [-0.2, -0.15) is 5.10 Å². The van der Waals surface area contributed by atoms with E-state index in [1.54, 1.807) is 23.7 Å². The molecule has 2 heterocycles. The Bertz CT molecular complexity index is 1020. The summed E-state index contributed by atoms with van der Waals surface area (Å²) in [4.78, 5) is 6.39. The number of anilines is 1. The highest BCUT2D eigenvalue weighted by Crippen LogP contribution is 2.26. The molecule has 1 aromatic heterocycles. The number of benzene rings is 1. The molecule has 1 N–H and O–H groups in total. The monoisotopic (exact) mass is 507 g/mol. The molecule has 1 aliphatic rings. The van der Waals surface area contributed by atoms with Crippen molar-refractivity contribution < 1.29 is 17.9 Å². The lowest BCUT2D eigenvalue weighted by Gasteiger charge is -2.26. The number of aryl methyl sites for hydroxylation is 1. The molecule has 2 aromatic rings. The molecule has 9 heteroatoms. The Balaban J connectivity index is 0.00000190. The Hall–Kier alpha value is -3.49. The van der Waals surface area contributed by atoms with Gasteiger partial charge in [0, 0.05) is 31.9 Å². The molecule has 0 saturated heterocycles. The predicted octanol–water partition coefficient (Wildman–Crippen LogP) is 6.65. The molecule has 1 aromatic carbocycles. The largest absolute Gasteiger partial charge is 0.501 e. The fourth-order valence-electron chi connectivity index (χ4n) is 3.14. The average Bonchev–Trinajstić information content (AvgIpc) is 3.20. The Morgan fingerprint density at radius 1 is 1.14 bits per heavy atom. The third-order valence-corrected chi connectivity index (χ3v) is 4.67. The Morgan fingerprint density at radius 3 is 2.25 bits per heavy atom. The predicted molar refractivity (Wildman–Crippen MR) is 143 cm³/mol. The molecule has 3 rings (SSSR count). The third-order valence-electron chi connectivity index (χ3n) is 4.67. The summed E-state index contributed by atoms with van der Waals surface area (Å²) in [6.45, 7) is 18.2. The van der Waals surface area contributed by atoms with E-state index in [-0.39, 0.29) is 12.1 Å². The number of rotatable bonds is 5. The minimum atomic E-state index is -1.49. The van der Waals surface area contributed by atoms with E-state index >= 15 is 0 Å². The lowest BCUT2D eigenvalue weighted by atomic mass is 10.1. The lowest BCUT2D eigenvalue weighted by molar-refractivity contribution is 0.293.